The molecule has 0 atom stereocenters. The Morgan fingerprint density at radius 3 is 2.40 bits per heavy atom. The molecular formula is C14H27ClN2O3. The van der Waals surface area contributed by atoms with Gasteiger partial charge in [-0.3, -0.25) is 4.79 Å². The van der Waals surface area contributed by atoms with E-state index in [1.54, 1.807) is 0 Å². The molecule has 0 aliphatic carbocycles. The van der Waals surface area contributed by atoms with E-state index >= 15 is 0 Å². The Morgan fingerprint density at radius 1 is 1.25 bits per heavy atom. The Morgan fingerprint density at radius 2 is 1.85 bits per heavy atom. The molecule has 2 aliphatic rings. The molecule has 0 aromatic heterocycles. The van der Waals surface area contributed by atoms with Crippen LogP contribution in [-0.4, -0.2) is 72.9 Å². The Labute approximate surface area is 127 Å². The lowest BCUT2D eigenvalue weighted by Crippen LogP contribution is -2.48. The minimum atomic E-state index is -0.702. The molecule has 5 nitrogen and oxygen atoms in total. The van der Waals surface area contributed by atoms with Gasteiger partial charge in [0.2, 0.25) is 0 Å². The van der Waals surface area contributed by atoms with Crippen molar-refractivity contribution < 1.29 is 14.6 Å². The van der Waals surface area contributed by atoms with Crippen molar-refractivity contribution in [1.29, 1.82) is 0 Å². The van der Waals surface area contributed by atoms with Gasteiger partial charge >= 0.3 is 5.97 Å². The van der Waals surface area contributed by atoms with Gasteiger partial charge in [-0.15, -0.1) is 12.4 Å². The maximum atomic E-state index is 10.6. The molecule has 2 aliphatic heterocycles. The van der Waals surface area contributed by atoms with Crippen LogP contribution in [0.4, 0.5) is 0 Å². The summed E-state index contributed by atoms with van der Waals surface area (Å²) in [5, 5.41) is 8.73. The molecule has 0 amide bonds. The lowest BCUT2D eigenvalue weighted by Gasteiger charge is -2.41. The Bertz CT molecular complexity index is 290. The lowest BCUT2D eigenvalue weighted by atomic mass is 9.99. The van der Waals surface area contributed by atoms with E-state index in [9.17, 15) is 4.79 Å². The normalized spacial score (nSPS) is 22.7. The Kier molecular flexibility index (Phi) is 7.80. The number of piperidine rings is 1. The van der Waals surface area contributed by atoms with Crippen LogP contribution >= 0.6 is 12.4 Å². The average molecular weight is 307 g/mol. The summed E-state index contributed by atoms with van der Waals surface area (Å²) in [5.41, 5.74) is 0. The van der Waals surface area contributed by atoms with Crippen LogP contribution in [-0.2, 0) is 9.53 Å². The third-order valence-electron chi connectivity index (χ3n) is 4.51. The van der Waals surface area contributed by atoms with Crippen molar-refractivity contribution in [2.75, 3.05) is 39.9 Å². The van der Waals surface area contributed by atoms with E-state index < -0.39 is 5.97 Å². The van der Waals surface area contributed by atoms with Crippen LogP contribution in [0, 0.1) is 0 Å². The second kappa shape index (κ2) is 8.82. The SMILES string of the molecule is CN(CCC(=O)O)C1CCN(C2CCOCC2)CC1.Cl. The number of likely N-dealkylation sites (tertiary alicyclic amines) is 1. The number of hydrogen-bond acceptors (Lipinski definition) is 4. The highest BCUT2D eigenvalue weighted by Gasteiger charge is 2.27. The summed E-state index contributed by atoms with van der Waals surface area (Å²) in [4.78, 5) is 15.4. The summed E-state index contributed by atoms with van der Waals surface area (Å²) >= 11 is 0. The number of hydrogen-bond donors (Lipinski definition) is 1. The third kappa shape index (κ3) is 5.20. The fourth-order valence-electron chi connectivity index (χ4n) is 3.20. The number of aliphatic carboxylic acids is 1. The van der Waals surface area contributed by atoms with Crippen molar-refractivity contribution in [2.24, 2.45) is 0 Å². The van der Waals surface area contributed by atoms with Gasteiger partial charge in [-0.2, -0.15) is 0 Å². The van der Waals surface area contributed by atoms with E-state index in [-0.39, 0.29) is 18.8 Å². The molecule has 1 N–H and O–H groups in total. The van der Waals surface area contributed by atoms with Gasteiger partial charge in [-0.1, -0.05) is 0 Å². The molecule has 6 heteroatoms. The first-order valence-corrected chi connectivity index (χ1v) is 7.40. The van der Waals surface area contributed by atoms with Crippen molar-refractivity contribution in [1.82, 2.24) is 9.80 Å². The van der Waals surface area contributed by atoms with E-state index in [1.165, 1.54) is 12.8 Å². The molecule has 118 valence electrons. The zero-order valence-corrected chi connectivity index (χ0v) is 13.1. The number of carboxylic acid groups (broad SMARTS) is 1. The van der Waals surface area contributed by atoms with Crippen molar-refractivity contribution in [3.05, 3.63) is 0 Å². The zero-order chi connectivity index (χ0) is 13.7. The predicted molar refractivity (Wildman–Crippen MR) is 80.6 cm³/mol. The number of halogens is 1. The third-order valence-corrected chi connectivity index (χ3v) is 4.51. The van der Waals surface area contributed by atoms with Crippen molar-refractivity contribution in [3.63, 3.8) is 0 Å². The first-order valence-electron chi connectivity index (χ1n) is 7.40. The minimum absolute atomic E-state index is 0. The second-order valence-corrected chi connectivity index (χ2v) is 5.74. The molecule has 0 unspecified atom stereocenters. The molecular weight excluding hydrogens is 280 g/mol. The maximum absolute atomic E-state index is 10.6. The number of ether oxygens (including phenoxy) is 1. The van der Waals surface area contributed by atoms with Crippen LogP contribution in [0.3, 0.4) is 0 Å². The van der Waals surface area contributed by atoms with E-state index in [4.69, 9.17) is 9.84 Å². The van der Waals surface area contributed by atoms with Gasteiger partial charge in [-0.25, -0.2) is 0 Å². The number of carboxylic acids is 1. The number of rotatable bonds is 5. The smallest absolute Gasteiger partial charge is 0.304 e. The molecule has 0 spiro atoms. The van der Waals surface area contributed by atoms with Crippen LogP contribution in [0.5, 0.6) is 0 Å². The van der Waals surface area contributed by atoms with Crippen molar-refractivity contribution in [3.8, 4) is 0 Å². The molecule has 0 saturated carbocycles. The van der Waals surface area contributed by atoms with E-state index in [0.717, 1.165) is 39.1 Å². The first-order chi connectivity index (χ1) is 9.16. The van der Waals surface area contributed by atoms with Gasteiger partial charge in [0, 0.05) is 31.8 Å². The van der Waals surface area contributed by atoms with Crippen LogP contribution in [0.1, 0.15) is 32.1 Å². The highest BCUT2D eigenvalue weighted by molar-refractivity contribution is 5.85. The monoisotopic (exact) mass is 306 g/mol. The van der Waals surface area contributed by atoms with Gasteiger partial charge in [0.25, 0.3) is 0 Å². The summed E-state index contributed by atoms with van der Waals surface area (Å²) < 4.78 is 5.41. The predicted octanol–water partition coefficient (Wildman–Crippen LogP) is 1.46. The molecule has 2 fully saturated rings. The highest BCUT2D eigenvalue weighted by Crippen LogP contribution is 2.22. The van der Waals surface area contributed by atoms with E-state index in [0.29, 0.717) is 18.6 Å². The quantitative estimate of drug-likeness (QED) is 0.833. The highest BCUT2D eigenvalue weighted by atomic mass is 35.5. The summed E-state index contributed by atoms with van der Waals surface area (Å²) in [6, 6.07) is 1.26. The van der Waals surface area contributed by atoms with Gasteiger partial charge in [0.05, 0.1) is 6.42 Å². The van der Waals surface area contributed by atoms with Gasteiger partial charge in [0.1, 0.15) is 0 Å². The van der Waals surface area contributed by atoms with Crippen LogP contribution < -0.4 is 0 Å². The van der Waals surface area contributed by atoms with Crippen molar-refractivity contribution in [2.45, 2.75) is 44.2 Å². The molecule has 0 aromatic carbocycles. The fourth-order valence-corrected chi connectivity index (χ4v) is 3.20. The minimum Gasteiger partial charge on any atom is -0.481 e. The van der Waals surface area contributed by atoms with Crippen molar-refractivity contribution >= 4 is 18.4 Å². The molecule has 2 saturated heterocycles. The lowest BCUT2D eigenvalue weighted by molar-refractivity contribution is -0.137. The van der Waals surface area contributed by atoms with E-state index in [1.807, 2.05) is 0 Å². The molecule has 2 heterocycles. The van der Waals surface area contributed by atoms with E-state index in [2.05, 4.69) is 16.8 Å². The van der Waals surface area contributed by atoms with Gasteiger partial charge in [0.15, 0.2) is 0 Å². The molecule has 20 heavy (non-hydrogen) atoms. The maximum Gasteiger partial charge on any atom is 0.304 e. The number of nitrogens with zero attached hydrogens (tertiary/aromatic N) is 2. The van der Waals surface area contributed by atoms with Gasteiger partial charge < -0.3 is 19.6 Å². The second-order valence-electron chi connectivity index (χ2n) is 5.74. The zero-order valence-electron chi connectivity index (χ0n) is 12.3. The summed E-state index contributed by atoms with van der Waals surface area (Å²) in [7, 11) is 2.05. The Hall–Kier alpha value is -0.360. The topological polar surface area (TPSA) is 53.0 Å². The summed E-state index contributed by atoms with van der Waals surface area (Å²) in [6.07, 6.45) is 4.90. The van der Waals surface area contributed by atoms with Crippen LogP contribution in [0.15, 0.2) is 0 Å². The fraction of sp³-hybridized carbons (Fsp3) is 0.929. The molecule has 0 radical (unpaired) electrons. The molecule has 0 aromatic rings. The standard InChI is InChI=1S/C14H26N2O3.ClH/c1-15(7-4-14(17)18)12-2-8-16(9-3-12)13-5-10-19-11-6-13;/h12-13H,2-11H2,1H3,(H,17,18);1H. The number of carbonyl (C=O) groups is 1. The first kappa shape index (κ1) is 17.7. The Balaban J connectivity index is 0.00000200. The van der Waals surface area contributed by atoms with Crippen LogP contribution in [0.25, 0.3) is 0 Å². The van der Waals surface area contributed by atoms with Crippen LogP contribution in [0.2, 0.25) is 0 Å². The van der Waals surface area contributed by atoms with Gasteiger partial charge in [-0.05, 0) is 45.8 Å². The summed E-state index contributed by atoms with van der Waals surface area (Å²) in [5.74, 6) is -0.702. The average Bonchev–Trinajstić information content (AvgIpc) is 2.46. The summed E-state index contributed by atoms with van der Waals surface area (Å²) in [6.45, 7) is 4.77. The molecule has 0 bridgehead atoms. The largest absolute Gasteiger partial charge is 0.481 e. The molecule has 2 rings (SSSR count).